The molecule has 1 aromatic carbocycles. The fourth-order valence-electron chi connectivity index (χ4n) is 1.63. The van der Waals surface area contributed by atoms with Crippen molar-refractivity contribution in [2.75, 3.05) is 13.7 Å². The summed E-state index contributed by atoms with van der Waals surface area (Å²) in [5.41, 5.74) is 2.12. The molecule has 0 atom stereocenters. The van der Waals surface area contributed by atoms with Gasteiger partial charge >= 0.3 is 5.97 Å². The van der Waals surface area contributed by atoms with Crippen LogP contribution in [0, 0.1) is 6.92 Å². The van der Waals surface area contributed by atoms with E-state index in [1.807, 2.05) is 25.1 Å². The van der Waals surface area contributed by atoms with Gasteiger partial charge in [-0.05, 0) is 25.0 Å². The molecule has 5 heteroatoms. The second-order valence-electron chi connectivity index (χ2n) is 4.03. The molecule has 102 valence electrons. The number of hydrogen-bond acceptors (Lipinski definition) is 3. The number of benzene rings is 1. The number of aryl methyl sites for hydroxylation is 1. The van der Waals surface area contributed by atoms with E-state index in [0.717, 1.165) is 29.0 Å². The molecule has 0 aliphatic heterocycles. The zero-order valence-electron chi connectivity index (χ0n) is 11.0. The van der Waals surface area contributed by atoms with Crippen molar-refractivity contribution in [2.24, 2.45) is 0 Å². The van der Waals surface area contributed by atoms with E-state index in [9.17, 15) is 9.59 Å². The molecule has 0 radical (unpaired) electrons. The maximum absolute atomic E-state index is 11.3. The lowest BCUT2D eigenvalue weighted by Crippen LogP contribution is -2.24. The lowest BCUT2D eigenvalue weighted by atomic mass is 10.1. The molecule has 0 saturated heterocycles. The summed E-state index contributed by atoms with van der Waals surface area (Å²) < 4.78 is 5.23. The van der Waals surface area contributed by atoms with Crippen molar-refractivity contribution in [3.05, 3.63) is 41.5 Å². The number of methoxy groups -OCH3 is 1. The van der Waals surface area contributed by atoms with E-state index < -0.39 is 11.9 Å². The van der Waals surface area contributed by atoms with Crippen molar-refractivity contribution in [1.82, 2.24) is 5.32 Å². The van der Waals surface area contributed by atoms with Crippen molar-refractivity contribution in [3.8, 4) is 5.75 Å². The first-order valence-corrected chi connectivity index (χ1v) is 5.85. The third-order valence-corrected chi connectivity index (χ3v) is 2.51. The van der Waals surface area contributed by atoms with E-state index in [-0.39, 0.29) is 0 Å². The van der Waals surface area contributed by atoms with E-state index >= 15 is 0 Å². The van der Waals surface area contributed by atoms with Gasteiger partial charge in [-0.15, -0.1) is 0 Å². The number of amides is 1. The fourth-order valence-corrected chi connectivity index (χ4v) is 1.63. The predicted molar refractivity (Wildman–Crippen MR) is 71.2 cm³/mol. The van der Waals surface area contributed by atoms with Crippen LogP contribution < -0.4 is 10.1 Å². The maximum Gasteiger partial charge on any atom is 0.328 e. The zero-order chi connectivity index (χ0) is 14.3. The third kappa shape index (κ3) is 5.25. The molecule has 1 aromatic rings. The summed E-state index contributed by atoms with van der Waals surface area (Å²) in [6.07, 6.45) is 2.43. The van der Waals surface area contributed by atoms with Gasteiger partial charge in [0.25, 0.3) is 0 Å². The number of carboxylic acids is 1. The Balaban J connectivity index is 2.51. The van der Waals surface area contributed by atoms with E-state index in [4.69, 9.17) is 9.84 Å². The Morgan fingerprint density at radius 1 is 1.37 bits per heavy atom. The Morgan fingerprint density at radius 3 is 2.74 bits per heavy atom. The number of rotatable bonds is 6. The van der Waals surface area contributed by atoms with E-state index in [2.05, 4.69) is 5.32 Å². The average Bonchev–Trinajstić information content (AvgIpc) is 2.36. The van der Waals surface area contributed by atoms with Crippen LogP contribution in [0.5, 0.6) is 5.75 Å². The average molecular weight is 263 g/mol. The Bertz CT molecular complexity index is 494. The number of carbonyl (C=O) groups is 2. The molecule has 2 N–H and O–H groups in total. The molecule has 0 aliphatic rings. The zero-order valence-corrected chi connectivity index (χ0v) is 11.0. The van der Waals surface area contributed by atoms with Crippen LogP contribution in [0.2, 0.25) is 0 Å². The SMILES string of the molecule is COc1ccc(C)cc1CCNC(=O)/C=C/C(=O)O. The van der Waals surface area contributed by atoms with Crippen LogP contribution in [-0.2, 0) is 16.0 Å². The van der Waals surface area contributed by atoms with Gasteiger partial charge < -0.3 is 15.2 Å². The number of aliphatic carboxylic acids is 1. The highest BCUT2D eigenvalue weighted by molar-refractivity contribution is 5.93. The summed E-state index contributed by atoms with van der Waals surface area (Å²) >= 11 is 0. The predicted octanol–water partition coefficient (Wildman–Crippen LogP) is 1.30. The van der Waals surface area contributed by atoms with Gasteiger partial charge in [-0.2, -0.15) is 0 Å². The van der Waals surface area contributed by atoms with Gasteiger partial charge in [0.2, 0.25) is 5.91 Å². The van der Waals surface area contributed by atoms with Gasteiger partial charge in [0, 0.05) is 18.7 Å². The lowest BCUT2D eigenvalue weighted by Gasteiger charge is -2.09. The van der Waals surface area contributed by atoms with E-state index in [1.165, 1.54) is 0 Å². The van der Waals surface area contributed by atoms with Gasteiger partial charge in [0.15, 0.2) is 0 Å². The number of carboxylic acid groups (broad SMARTS) is 1. The van der Waals surface area contributed by atoms with Crippen LogP contribution >= 0.6 is 0 Å². The maximum atomic E-state index is 11.3. The third-order valence-electron chi connectivity index (χ3n) is 2.51. The van der Waals surface area contributed by atoms with Crippen LogP contribution in [0.1, 0.15) is 11.1 Å². The van der Waals surface area contributed by atoms with Gasteiger partial charge in [-0.25, -0.2) is 4.79 Å². The van der Waals surface area contributed by atoms with Crippen molar-refractivity contribution in [1.29, 1.82) is 0 Å². The molecule has 5 nitrogen and oxygen atoms in total. The molecule has 0 unspecified atom stereocenters. The van der Waals surface area contributed by atoms with Crippen molar-refractivity contribution >= 4 is 11.9 Å². The molecular weight excluding hydrogens is 246 g/mol. The van der Waals surface area contributed by atoms with Gasteiger partial charge in [-0.1, -0.05) is 17.7 Å². The van der Waals surface area contributed by atoms with Crippen LogP contribution in [0.15, 0.2) is 30.4 Å². The largest absolute Gasteiger partial charge is 0.496 e. The van der Waals surface area contributed by atoms with Crippen LogP contribution in [-0.4, -0.2) is 30.6 Å². The molecule has 0 saturated carbocycles. The summed E-state index contributed by atoms with van der Waals surface area (Å²) in [4.78, 5) is 21.5. The molecule has 1 amide bonds. The topological polar surface area (TPSA) is 75.6 Å². The first-order chi connectivity index (χ1) is 9.02. The number of ether oxygens (including phenoxy) is 1. The molecule has 0 bridgehead atoms. The quantitative estimate of drug-likeness (QED) is 0.759. The Hall–Kier alpha value is -2.30. The normalized spacial score (nSPS) is 10.4. The smallest absolute Gasteiger partial charge is 0.328 e. The van der Waals surface area contributed by atoms with Gasteiger partial charge in [0.05, 0.1) is 7.11 Å². The number of nitrogens with one attached hydrogen (secondary N) is 1. The molecule has 0 fully saturated rings. The Morgan fingerprint density at radius 2 is 2.11 bits per heavy atom. The van der Waals surface area contributed by atoms with E-state index in [1.54, 1.807) is 7.11 Å². The Labute approximate surface area is 111 Å². The van der Waals surface area contributed by atoms with Crippen LogP contribution in [0.3, 0.4) is 0 Å². The summed E-state index contributed by atoms with van der Waals surface area (Å²) in [5.74, 6) is -0.787. The second-order valence-corrected chi connectivity index (χ2v) is 4.03. The van der Waals surface area contributed by atoms with E-state index in [0.29, 0.717) is 13.0 Å². The van der Waals surface area contributed by atoms with Crippen molar-refractivity contribution in [3.63, 3.8) is 0 Å². The summed E-state index contributed by atoms with van der Waals surface area (Å²) in [7, 11) is 1.60. The summed E-state index contributed by atoms with van der Waals surface area (Å²) in [6.45, 7) is 2.40. The molecule has 19 heavy (non-hydrogen) atoms. The molecule has 0 aliphatic carbocycles. The highest BCUT2D eigenvalue weighted by Crippen LogP contribution is 2.19. The molecule has 0 aromatic heterocycles. The fraction of sp³-hybridized carbons (Fsp3) is 0.286. The van der Waals surface area contributed by atoms with Crippen molar-refractivity contribution < 1.29 is 19.4 Å². The second kappa shape index (κ2) is 7.20. The van der Waals surface area contributed by atoms with Gasteiger partial charge in [-0.3, -0.25) is 4.79 Å². The first-order valence-electron chi connectivity index (χ1n) is 5.85. The van der Waals surface area contributed by atoms with Crippen LogP contribution in [0.4, 0.5) is 0 Å². The minimum atomic E-state index is -1.14. The number of carbonyl (C=O) groups excluding carboxylic acids is 1. The van der Waals surface area contributed by atoms with Crippen LogP contribution in [0.25, 0.3) is 0 Å². The standard InChI is InChI=1S/C14H17NO4/c1-10-3-4-12(19-2)11(9-10)7-8-15-13(16)5-6-14(17)18/h3-6,9H,7-8H2,1-2H3,(H,15,16)(H,17,18)/b6-5+. The molecule has 1 rings (SSSR count). The molecular formula is C14H17NO4. The highest BCUT2D eigenvalue weighted by Gasteiger charge is 2.04. The minimum Gasteiger partial charge on any atom is -0.496 e. The number of hydrogen-bond donors (Lipinski definition) is 2. The van der Waals surface area contributed by atoms with Crippen molar-refractivity contribution in [2.45, 2.75) is 13.3 Å². The highest BCUT2D eigenvalue weighted by atomic mass is 16.5. The monoisotopic (exact) mass is 263 g/mol. The first kappa shape index (κ1) is 14.8. The van der Waals surface area contributed by atoms with Gasteiger partial charge in [0.1, 0.15) is 5.75 Å². The lowest BCUT2D eigenvalue weighted by molar-refractivity contribution is -0.131. The molecule has 0 spiro atoms. The minimum absolute atomic E-state index is 0.419. The Kier molecular flexibility index (Phi) is 5.60. The summed E-state index contributed by atoms with van der Waals surface area (Å²) in [5, 5.41) is 11.0. The summed E-state index contributed by atoms with van der Waals surface area (Å²) in [6, 6.07) is 5.84. The molecule has 0 heterocycles.